The third-order valence-electron chi connectivity index (χ3n) is 1.99. The van der Waals surface area contributed by atoms with Crippen molar-refractivity contribution in [2.45, 2.75) is 13.3 Å². The molecular weight excluding hydrogens is 180 g/mol. The van der Waals surface area contributed by atoms with Gasteiger partial charge in [-0.3, -0.25) is 0 Å². The number of ether oxygens (including phenoxy) is 2. The van der Waals surface area contributed by atoms with Crippen LogP contribution in [0.15, 0.2) is 18.2 Å². The van der Waals surface area contributed by atoms with Gasteiger partial charge < -0.3 is 14.6 Å². The quantitative estimate of drug-likeness (QED) is 0.777. The van der Waals surface area contributed by atoms with Crippen molar-refractivity contribution < 1.29 is 14.6 Å². The first-order chi connectivity index (χ1) is 6.81. The van der Waals surface area contributed by atoms with Gasteiger partial charge in [0, 0.05) is 0 Å². The molecule has 1 rings (SSSR count). The van der Waals surface area contributed by atoms with Crippen LogP contribution in [0.25, 0.3) is 0 Å². The molecule has 1 aromatic carbocycles. The van der Waals surface area contributed by atoms with Crippen molar-refractivity contribution in [2.75, 3.05) is 20.3 Å². The standard InChI is InChI=1S/C11H16O3/c1-3-9-4-5-10(13-2)11(8-9)14-7-6-12/h4-5,8,12H,3,6-7H2,1-2H3. The van der Waals surface area contributed by atoms with Crippen molar-refractivity contribution in [3.8, 4) is 11.5 Å². The Kier molecular flexibility index (Phi) is 4.26. The van der Waals surface area contributed by atoms with Gasteiger partial charge in [-0.05, 0) is 24.1 Å². The van der Waals surface area contributed by atoms with Crippen molar-refractivity contribution in [1.29, 1.82) is 0 Å². The number of aliphatic hydroxyl groups is 1. The van der Waals surface area contributed by atoms with Crippen molar-refractivity contribution in [1.82, 2.24) is 0 Å². The van der Waals surface area contributed by atoms with E-state index >= 15 is 0 Å². The third-order valence-corrected chi connectivity index (χ3v) is 1.99. The van der Waals surface area contributed by atoms with E-state index in [0.717, 1.165) is 6.42 Å². The molecule has 78 valence electrons. The number of methoxy groups -OCH3 is 1. The number of benzene rings is 1. The molecule has 0 aliphatic carbocycles. The van der Waals surface area contributed by atoms with Gasteiger partial charge in [-0.1, -0.05) is 13.0 Å². The Morgan fingerprint density at radius 3 is 2.64 bits per heavy atom. The fourth-order valence-corrected chi connectivity index (χ4v) is 1.21. The minimum Gasteiger partial charge on any atom is -0.493 e. The summed E-state index contributed by atoms with van der Waals surface area (Å²) in [6.45, 7) is 2.39. The first-order valence-electron chi connectivity index (χ1n) is 4.72. The zero-order chi connectivity index (χ0) is 10.4. The maximum atomic E-state index is 8.65. The fourth-order valence-electron chi connectivity index (χ4n) is 1.21. The van der Waals surface area contributed by atoms with Crippen LogP contribution in [0.3, 0.4) is 0 Å². The van der Waals surface area contributed by atoms with Crippen molar-refractivity contribution in [2.24, 2.45) is 0 Å². The van der Waals surface area contributed by atoms with Crippen molar-refractivity contribution in [3.05, 3.63) is 23.8 Å². The number of aryl methyl sites for hydroxylation is 1. The van der Waals surface area contributed by atoms with E-state index in [1.807, 2.05) is 18.2 Å². The molecular formula is C11H16O3. The van der Waals surface area contributed by atoms with Crippen LogP contribution >= 0.6 is 0 Å². The van der Waals surface area contributed by atoms with Gasteiger partial charge in [0.05, 0.1) is 13.7 Å². The van der Waals surface area contributed by atoms with Gasteiger partial charge in [-0.2, -0.15) is 0 Å². The topological polar surface area (TPSA) is 38.7 Å². The van der Waals surface area contributed by atoms with Crippen LogP contribution < -0.4 is 9.47 Å². The van der Waals surface area contributed by atoms with Gasteiger partial charge in [0.25, 0.3) is 0 Å². The maximum absolute atomic E-state index is 8.65. The molecule has 0 aliphatic heterocycles. The normalized spacial score (nSPS) is 9.93. The van der Waals surface area contributed by atoms with E-state index in [2.05, 4.69) is 6.92 Å². The average molecular weight is 196 g/mol. The first-order valence-corrected chi connectivity index (χ1v) is 4.72. The molecule has 0 fully saturated rings. The maximum Gasteiger partial charge on any atom is 0.161 e. The number of hydrogen-bond donors (Lipinski definition) is 1. The molecule has 0 spiro atoms. The first kappa shape index (κ1) is 10.9. The number of rotatable bonds is 5. The SMILES string of the molecule is CCc1ccc(OC)c(OCCO)c1. The molecule has 0 aliphatic rings. The lowest BCUT2D eigenvalue weighted by Crippen LogP contribution is -2.03. The predicted octanol–water partition coefficient (Wildman–Crippen LogP) is 1.63. The molecule has 0 radical (unpaired) electrons. The minimum absolute atomic E-state index is 0.0134. The molecule has 1 aromatic rings. The minimum atomic E-state index is 0.0134. The van der Waals surface area contributed by atoms with Gasteiger partial charge >= 0.3 is 0 Å². The second-order valence-corrected chi connectivity index (χ2v) is 2.91. The highest BCUT2D eigenvalue weighted by Gasteiger charge is 2.04. The summed E-state index contributed by atoms with van der Waals surface area (Å²) in [7, 11) is 1.60. The van der Waals surface area contributed by atoms with Crippen LogP contribution in [0, 0.1) is 0 Å². The molecule has 0 saturated heterocycles. The second-order valence-electron chi connectivity index (χ2n) is 2.91. The zero-order valence-corrected chi connectivity index (χ0v) is 8.62. The summed E-state index contributed by atoms with van der Waals surface area (Å²) >= 11 is 0. The van der Waals surface area contributed by atoms with Crippen LogP contribution in [0.5, 0.6) is 11.5 Å². The van der Waals surface area contributed by atoms with Crippen molar-refractivity contribution >= 4 is 0 Å². The van der Waals surface area contributed by atoms with E-state index in [9.17, 15) is 0 Å². The van der Waals surface area contributed by atoms with E-state index in [1.165, 1.54) is 5.56 Å². The van der Waals surface area contributed by atoms with E-state index in [-0.39, 0.29) is 6.61 Å². The molecule has 0 saturated carbocycles. The van der Waals surface area contributed by atoms with E-state index < -0.39 is 0 Å². The zero-order valence-electron chi connectivity index (χ0n) is 8.62. The molecule has 0 bridgehead atoms. The Balaban J connectivity index is 2.84. The highest BCUT2D eigenvalue weighted by molar-refractivity contribution is 5.42. The van der Waals surface area contributed by atoms with E-state index in [4.69, 9.17) is 14.6 Å². The molecule has 0 atom stereocenters. The molecule has 3 heteroatoms. The molecule has 14 heavy (non-hydrogen) atoms. The lowest BCUT2D eigenvalue weighted by Gasteiger charge is -2.10. The summed E-state index contributed by atoms with van der Waals surface area (Å²) in [6.07, 6.45) is 0.958. The Labute approximate surface area is 84.3 Å². The summed E-state index contributed by atoms with van der Waals surface area (Å²) in [4.78, 5) is 0. The fraction of sp³-hybridized carbons (Fsp3) is 0.455. The predicted molar refractivity (Wildman–Crippen MR) is 55.0 cm³/mol. The van der Waals surface area contributed by atoms with Gasteiger partial charge in [0.15, 0.2) is 11.5 Å². The van der Waals surface area contributed by atoms with Gasteiger partial charge in [-0.25, -0.2) is 0 Å². The van der Waals surface area contributed by atoms with Crippen LogP contribution in [-0.4, -0.2) is 25.4 Å². The van der Waals surface area contributed by atoms with Gasteiger partial charge in [-0.15, -0.1) is 0 Å². The molecule has 0 unspecified atom stereocenters. The Bertz CT molecular complexity index is 284. The largest absolute Gasteiger partial charge is 0.493 e. The van der Waals surface area contributed by atoms with E-state index in [0.29, 0.717) is 18.1 Å². The van der Waals surface area contributed by atoms with Crippen LogP contribution in [0.4, 0.5) is 0 Å². The lowest BCUT2D eigenvalue weighted by atomic mass is 10.1. The molecule has 0 heterocycles. The third kappa shape index (κ3) is 2.64. The van der Waals surface area contributed by atoms with Crippen LogP contribution in [0.2, 0.25) is 0 Å². The summed E-state index contributed by atoms with van der Waals surface area (Å²) in [5, 5.41) is 8.65. The van der Waals surface area contributed by atoms with Crippen molar-refractivity contribution in [3.63, 3.8) is 0 Å². The van der Waals surface area contributed by atoms with Gasteiger partial charge in [0.1, 0.15) is 6.61 Å². The summed E-state index contributed by atoms with van der Waals surface area (Å²) in [6, 6.07) is 5.82. The Morgan fingerprint density at radius 1 is 1.29 bits per heavy atom. The second kappa shape index (κ2) is 5.50. The van der Waals surface area contributed by atoms with E-state index in [1.54, 1.807) is 7.11 Å². The summed E-state index contributed by atoms with van der Waals surface area (Å²) < 4.78 is 10.5. The summed E-state index contributed by atoms with van der Waals surface area (Å²) in [5.41, 5.74) is 1.19. The lowest BCUT2D eigenvalue weighted by molar-refractivity contribution is 0.196. The van der Waals surface area contributed by atoms with Gasteiger partial charge in [0.2, 0.25) is 0 Å². The number of hydrogen-bond acceptors (Lipinski definition) is 3. The Hall–Kier alpha value is -1.22. The molecule has 3 nitrogen and oxygen atoms in total. The molecule has 1 N–H and O–H groups in total. The molecule has 0 aromatic heterocycles. The average Bonchev–Trinajstić information content (AvgIpc) is 2.25. The Morgan fingerprint density at radius 2 is 2.07 bits per heavy atom. The van der Waals surface area contributed by atoms with Crippen LogP contribution in [-0.2, 0) is 6.42 Å². The smallest absolute Gasteiger partial charge is 0.161 e. The molecule has 0 amide bonds. The number of aliphatic hydroxyl groups excluding tert-OH is 1. The highest BCUT2D eigenvalue weighted by Crippen LogP contribution is 2.27. The van der Waals surface area contributed by atoms with Crippen LogP contribution in [0.1, 0.15) is 12.5 Å². The monoisotopic (exact) mass is 196 g/mol. The summed E-state index contributed by atoms with van der Waals surface area (Å²) in [5.74, 6) is 1.40. The highest BCUT2D eigenvalue weighted by atomic mass is 16.5.